The number of cyclic esters (lactones) is 1. The summed E-state index contributed by atoms with van der Waals surface area (Å²) >= 11 is 0. The van der Waals surface area contributed by atoms with Crippen molar-refractivity contribution in [3.8, 4) is 0 Å². The lowest BCUT2D eigenvalue weighted by molar-refractivity contribution is -0.163. The summed E-state index contributed by atoms with van der Waals surface area (Å²) in [4.78, 5) is 44.8. The summed E-state index contributed by atoms with van der Waals surface area (Å²) in [6, 6.07) is -0.969. The summed E-state index contributed by atoms with van der Waals surface area (Å²) in [6.45, 7) is 12.8. The van der Waals surface area contributed by atoms with Gasteiger partial charge in [0.1, 0.15) is 23.2 Å². The van der Waals surface area contributed by atoms with Crippen LogP contribution in [0.5, 0.6) is 0 Å². The topological polar surface area (TPSA) is 96.4 Å². The lowest BCUT2D eigenvalue weighted by atomic mass is 9.73. The van der Waals surface area contributed by atoms with Crippen LogP contribution >= 0.6 is 0 Å². The van der Waals surface area contributed by atoms with Crippen LogP contribution in [-0.4, -0.2) is 81.8 Å². The maximum absolute atomic E-state index is 14.3. The molecular formula is C27H40N2O6. The van der Waals surface area contributed by atoms with Gasteiger partial charge in [0.15, 0.2) is 0 Å². The van der Waals surface area contributed by atoms with Crippen molar-refractivity contribution in [2.24, 2.45) is 17.3 Å². The maximum atomic E-state index is 14.3. The Morgan fingerprint density at radius 2 is 1.77 bits per heavy atom. The number of likely N-dealkylation sites (tertiary alicyclic amines) is 1. The molecule has 0 aromatic carbocycles. The van der Waals surface area contributed by atoms with Crippen LogP contribution in [0.15, 0.2) is 24.3 Å². The van der Waals surface area contributed by atoms with Crippen LogP contribution in [0.3, 0.4) is 0 Å². The quantitative estimate of drug-likeness (QED) is 0.472. The highest BCUT2D eigenvalue weighted by Crippen LogP contribution is 2.58. The van der Waals surface area contributed by atoms with Crippen molar-refractivity contribution in [2.45, 2.75) is 83.6 Å². The Kier molecular flexibility index (Phi) is 6.46. The van der Waals surface area contributed by atoms with Crippen molar-refractivity contribution in [3.63, 3.8) is 0 Å². The molecule has 4 aliphatic heterocycles. The van der Waals surface area contributed by atoms with E-state index in [2.05, 4.69) is 20.8 Å². The summed E-state index contributed by atoms with van der Waals surface area (Å²) in [6.07, 6.45) is 9.37. The van der Waals surface area contributed by atoms with Gasteiger partial charge in [0, 0.05) is 18.6 Å². The van der Waals surface area contributed by atoms with Crippen molar-refractivity contribution in [3.05, 3.63) is 24.3 Å². The van der Waals surface area contributed by atoms with Gasteiger partial charge in [-0.05, 0) is 38.5 Å². The molecule has 1 N–H and O–H groups in total. The molecule has 2 saturated heterocycles. The Morgan fingerprint density at radius 3 is 2.40 bits per heavy atom. The molecule has 0 aromatic heterocycles. The number of nitrogens with zero attached hydrogens (tertiary/aromatic N) is 2. The number of fused-ring (bicyclic) bond motifs is 2. The highest BCUT2D eigenvalue weighted by atomic mass is 16.6. The number of β-amino-alcohol motifs (C(OH)–C–C–N with tert-alkyl or cyclic N) is 1. The molecule has 194 valence electrons. The van der Waals surface area contributed by atoms with Gasteiger partial charge in [-0.25, -0.2) is 0 Å². The molecule has 2 amide bonds. The van der Waals surface area contributed by atoms with Gasteiger partial charge in [0.05, 0.1) is 19.1 Å². The molecule has 0 radical (unpaired) electrons. The summed E-state index contributed by atoms with van der Waals surface area (Å²) in [5.41, 5.74) is -2.86. The fourth-order valence-corrected chi connectivity index (χ4v) is 7.01. The van der Waals surface area contributed by atoms with Crippen LogP contribution in [0.1, 0.15) is 60.8 Å². The Bertz CT molecular complexity index is 950. The number of rotatable bonds is 5. The summed E-state index contributed by atoms with van der Waals surface area (Å²) < 4.78 is 12.3. The van der Waals surface area contributed by atoms with Crippen molar-refractivity contribution < 1.29 is 29.0 Å². The predicted molar refractivity (Wildman–Crippen MR) is 130 cm³/mol. The predicted octanol–water partition coefficient (Wildman–Crippen LogP) is 2.46. The fourth-order valence-electron chi connectivity index (χ4n) is 7.01. The lowest BCUT2D eigenvalue weighted by Gasteiger charge is -2.45. The van der Waals surface area contributed by atoms with E-state index in [9.17, 15) is 19.5 Å². The first-order valence-electron chi connectivity index (χ1n) is 12.8. The molecule has 35 heavy (non-hydrogen) atoms. The Labute approximate surface area is 208 Å². The Balaban J connectivity index is 1.86. The molecule has 4 rings (SSSR count). The zero-order chi connectivity index (χ0) is 25.8. The van der Waals surface area contributed by atoms with E-state index in [0.717, 1.165) is 6.42 Å². The largest absolute Gasteiger partial charge is 0.465 e. The number of ether oxygens (including phenoxy) is 2. The second-order valence-corrected chi connectivity index (χ2v) is 12.1. The molecule has 0 bridgehead atoms. The first kappa shape index (κ1) is 25.9. The fraction of sp³-hybridized carbons (Fsp3) is 0.741. The van der Waals surface area contributed by atoms with E-state index in [0.29, 0.717) is 19.4 Å². The number of aliphatic hydroxyl groups is 1. The molecular weight excluding hydrogens is 448 g/mol. The third-order valence-corrected chi connectivity index (χ3v) is 7.94. The van der Waals surface area contributed by atoms with Gasteiger partial charge in [0.25, 0.3) is 0 Å². The number of aliphatic hydroxyl groups excluding tert-OH is 1. The molecule has 0 aromatic rings. The standard InChI is InChI=1S/C27H40N2O6/c1-7-26-11-8-9-16-34-23(33)19(26)18-21(31)28(14-15-30)20-22(32)29(13-10-12-27(18,20)35-26)25(5,6)17-24(2,3)4/h8,10-12,18-20,30H,7,9,13-17H2,1-6H3/t18-,19+,20?,26-,27-/m0/s1. The monoisotopic (exact) mass is 488 g/mol. The maximum Gasteiger partial charge on any atom is 0.313 e. The van der Waals surface area contributed by atoms with Crippen LogP contribution < -0.4 is 0 Å². The number of carbonyl (C=O) groups excluding carboxylic acids is 3. The van der Waals surface area contributed by atoms with E-state index < -0.39 is 40.6 Å². The Morgan fingerprint density at radius 1 is 1.06 bits per heavy atom. The number of amides is 2. The summed E-state index contributed by atoms with van der Waals surface area (Å²) in [5.74, 6) is -2.80. The zero-order valence-corrected chi connectivity index (χ0v) is 21.9. The smallest absolute Gasteiger partial charge is 0.313 e. The number of hydrogen-bond donors (Lipinski definition) is 1. The second-order valence-electron chi connectivity index (χ2n) is 12.1. The summed E-state index contributed by atoms with van der Waals surface area (Å²) in [7, 11) is 0. The number of hydrogen-bond acceptors (Lipinski definition) is 6. The van der Waals surface area contributed by atoms with E-state index in [4.69, 9.17) is 9.47 Å². The average molecular weight is 489 g/mol. The highest BCUT2D eigenvalue weighted by molar-refractivity contribution is 5.99. The van der Waals surface area contributed by atoms with Crippen molar-refractivity contribution >= 4 is 17.8 Å². The van der Waals surface area contributed by atoms with Crippen molar-refractivity contribution in [1.29, 1.82) is 0 Å². The SMILES string of the molecule is CC[C@]12C=CCCOC(=O)[C@H]1[C@H]1C(=O)N(CCO)C3C(=O)N(C(C)(C)CC(C)(C)C)CC=C[C@@]31O2. The van der Waals surface area contributed by atoms with E-state index in [1.165, 1.54) is 4.90 Å². The minimum Gasteiger partial charge on any atom is -0.465 e. The third kappa shape index (κ3) is 4.02. The first-order chi connectivity index (χ1) is 16.3. The van der Waals surface area contributed by atoms with Gasteiger partial charge in [-0.15, -0.1) is 0 Å². The summed E-state index contributed by atoms with van der Waals surface area (Å²) in [5, 5.41) is 9.81. The molecule has 8 heteroatoms. The zero-order valence-electron chi connectivity index (χ0n) is 21.9. The lowest BCUT2D eigenvalue weighted by Crippen LogP contribution is -2.60. The second kappa shape index (κ2) is 8.73. The molecule has 8 nitrogen and oxygen atoms in total. The molecule has 0 aliphatic carbocycles. The average Bonchev–Trinajstić information content (AvgIpc) is 3.07. The van der Waals surface area contributed by atoms with Gasteiger partial charge in [-0.3, -0.25) is 14.4 Å². The number of esters is 1. The molecule has 1 spiro atoms. The number of carbonyl (C=O) groups is 3. The van der Waals surface area contributed by atoms with Gasteiger partial charge in [0.2, 0.25) is 11.8 Å². The van der Waals surface area contributed by atoms with Crippen LogP contribution in [-0.2, 0) is 23.9 Å². The van der Waals surface area contributed by atoms with Crippen LogP contribution in [0.25, 0.3) is 0 Å². The molecule has 4 heterocycles. The normalized spacial score (nSPS) is 35.3. The van der Waals surface area contributed by atoms with Crippen LogP contribution in [0.4, 0.5) is 0 Å². The third-order valence-electron chi connectivity index (χ3n) is 7.94. The Hall–Kier alpha value is -2.19. The van der Waals surface area contributed by atoms with Crippen LogP contribution in [0, 0.1) is 17.3 Å². The minimum atomic E-state index is -1.32. The van der Waals surface area contributed by atoms with Crippen molar-refractivity contribution in [1.82, 2.24) is 9.80 Å². The van der Waals surface area contributed by atoms with Gasteiger partial charge in [-0.1, -0.05) is 52.0 Å². The van der Waals surface area contributed by atoms with Crippen LogP contribution in [0.2, 0.25) is 0 Å². The van der Waals surface area contributed by atoms with E-state index in [1.54, 1.807) is 0 Å². The highest BCUT2D eigenvalue weighted by Gasteiger charge is 2.75. The minimum absolute atomic E-state index is 0.00500. The molecule has 5 atom stereocenters. The van der Waals surface area contributed by atoms with Gasteiger partial charge < -0.3 is 24.4 Å². The molecule has 1 unspecified atom stereocenters. The van der Waals surface area contributed by atoms with E-state index in [-0.39, 0.29) is 37.0 Å². The van der Waals surface area contributed by atoms with E-state index in [1.807, 2.05) is 50.0 Å². The van der Waals surface area contributed by atoms with E-state index >= 15 is 0 Å². The van der Waals surface area contributed by atoms with Gasteiger partial charge in [-0.2, -0.15) is 0 Å². The molecule has 4 aliphatic rings. The van der Waals surface area contributed by atoms with Gasteiger partial charge >= 0.3 is 5.97 Å². The molecule has 2 fully saturated rings. The molecule has 0 saturated carbocycles. The first-order valence-corrected chi connectivity index (χ1v) is 12.8. The van der Waals surface area contributed by atoms with Crippen molar-refractivity contribution in [2.75, 3.05) is 26.3 Å².